The first kappa shape index (κ1) is 17.8. The van der Waals surface area contributed by atoms with Crippen LogP contribution in [0.5, 0.6) is 0 Å². The minimum Gasteiger partial charge on any atom is -0.350 e. The number of carbonyl (C=O) groups excluding carboxylic acids is 1. The molecule has 0 atom stereocenters. The van der Waals surface area contributed by atoms with Gasteiger partial charge < -0.3 is 5.32 Å². The molecule has 3 rings (SSSR count). The van der Waals surface area contributed by atoms with E-state index in [4.69, 9.17) is 0 Å². The third-order valence-electron chi connectivity index (χ3n) is 4.19. The van der Waals surface area contributed by atoms with Gasteiger partial charge in [0.2, 0.25) is 0 Å². The molecule has 0 radical (unpaired) electrons. The number of carbonyl (C=O) groups is 1. The van der Waals surface area contributed by atoms with Crippen LogP contribution >= 0.6 is 0 Å². The molecule has 3 aromatic rings. The van der Waals surface area contributed by atoms with Gasteiger partial charge in [0.05, 0.1) is 0 Å². The number of nitrogens with zero attached hydrogens (tertiary/aromatic N) is 3. The summed E-state index contributed by atoms with van der Waals surface area (Å²) in [6, 6.07) is 13.4. The van der Waals surface area contributed by atoms with Crippen molar-refractivity contribution in [2.45, 2.75) is 32.7 Å². The zero-order valence-electron chi connectivity index (χ0n) is 14.8. The number of unbranched alkanes of at least 4 members (excludes halogenated alkanes) is 1. The van der Waals surface area contributed by atoms with Crippen molar-refractivity contribution >= 4 is 17.1 Å². The summed E-state index contributed by atoms with van der Waals surface area (Å²) >= 11 is 0. The van der Waals surface area contributed by atoms with Crippen molar-refractivity contribution < 1.29 is 4.79 Å². The van der Waals surface area contributed by atoms with Crippen LogP contribution in [-0.2, 0) is 13.0 Å². The number of aromatic nitrogens is 3. The molecule has 1 N–H and O–H groups in total. The molecule has 0 saturated heterocycles. The number of hydrogen-bond acceptors (Lipinski definition) is 4. The van der Waals surface area contributed by atoms with E-state index < -0.39 is 5.91 Å². The van der Waals surface area contributed by atoms with Crippen molar-refractivity contribution in [1.29, 1.82) is 0 Å². The Morgan fingerprint density at radius 1 is 1.15 bits per heavy atom. The van der Waals surface area contributed by atoms with E-state index in [0.717, 1.165) is 18.4 Å². The molecule has 134 valence electrons. The maximum atomic E-state index is 12.8. The van der Waals surface area contributed by atoms with E-state index in [1.54, 1.807) is 22.9 Å². The fourth-order valence-corrected chi connectivity index (χ4v) is 2.80. The monoisotopic (exact) mass is 350 g/mol. The standard InChI is InChI=1S/C20H22N4O2/c1-2-3-14-24-18-16(10-7-12-21-18)23-17(20(24)26)19(25)22-13-11-15-8-5-4-6-9-15/h4-10,12H,2-3,11,13-14H2,1H3,(H,22,25). The zero-order chi connectivity index (χ0) is 18.4. The summed E-state index contributed by atoms with van der Waals surface area (Å²) in [5.74, 6) is -0.443. The topological polar surface area (TPSA) is 76.9 Å². The molecule has 0 fully saturated rings. The summed E-state index contributed by atoms with van der Waals surface area (Å²) in [5.41, 5.74) is 1.74. The highest BCUT2D eigenvalue weighted by Crippen LogP contribution is 2.08. The third-order valence-corrected chi connectivity index (χ3v) is 4.19. The van der Waals surface area contributed by atoms with Crippen LogP contribution in [0.4, 0.5) is 0 Å². The van der Waals surface area contributed by atoms with Crippen LogP contribution in [0, 0.1) is 0 Å². The highest BCUT2D eigenvalue weighted by molar-refractivity contribution is 5.93. The lowest BCUT2D eigenvalue weighted by Crippen LogP contribution is -2.36. The second kappa shape index (κ2) is 8.38. The van der Waals surface area contributed by atoms with Gasteiger partial charge in [-0.2, -0.15) is 0 Å². The SMILES string of the molecule is CCCCn1c(=O)c(C(=O)NCCc2ccccc2)nc2cccnc21. The molecule has 6 nitrogen and oxygen atoms in total. The van der Waals surface area contributed by atoms with Crippen LogP contribution in [0.3, 0.4) is 0 Å². The quantitative estimate of drug-likeness (QED) is 0.710. The van der Waals surface area contributed by atoms with Crippen LogP contribution in [-0.4, -0.2) is 27.0 Å². The summed E-state index contributed by atoms with van der Waals surface area (Å²) in [7, 11) is 0. The molecule has 1 aromatic carbocycles. The molecule has 2 aromatic heterocycles. The van der Waals surface area contributed by atoms with Gasteiger partial charge in [0, 0.05) is 19.3 Å². The fourth-order valence-electron chi connectivity index (χ4n) is 2.80. The van der Waals surface area contributed by atoms with Gasteiger partial charge in [-0.05, 0) is 30.5 Å². The number of nitrogens with one attached hydrogen (secondary N) is 1. The van der Waals surface area contributed by atoms with E-state index in [-0.39, 0.29) is 11.3 Å². The molecular formula is C20H22N4O2. The molecule has 0 unspecified atom stereocenters. The highest BCUT2D eigenvalue weighted by atomic mass is 16.2. The minimum atomic E-state index is -0.443. The van der Waals surface area contributed by atoms with E-state index in [2.05, 4.69) is 22.2 Å². The molecule has 1 amide bonds. The van der Waals surface area contributed by atoms with E-state index in [1.807, 2.05) is 30.3 Å². The van der Waals surface area contributed by atoms with Gasteiger partial charge in [-0.1, -0.05) is 43.7 Å². The average Bonchev–Trinajstić information content (AvgIpc) is 2.67. The molecule has 0 saturated carbocycles. The van der Waals surface area contributed by atoms with Crippen molar-refractivity contribution in [1.82, 2.24) is 19.9 Å². The van der Waals surface area contributed by atoms with Gasteiger partial charge in [-0.15, -0.1) is 0 Å². The van der Waals surface area contributed by atoms with Crippen LogP contribution in [0.25, 0.3) is 11.2 Å². The molecule has 0 aliphatic carbocycles. The second-order valence-corrected chi connectivity index (χ2v) is 6.11. The smallest absolute Gasteiger partial charge is 0.283 e. The number of fused-ring (bicyclic) bond motifs is 1. The largest absolute Gasteiger partial charge is 0.350 e. The lowest BCUT2D eigenvalue weighted by molar-refractivity contribution is 0.0947. The molecular weight excluding hydrogens is 328 g/mol. The molecule has 0 aliphatic rings. The van der Waals surface area contributed by atoms with Crippen molar-refractivity contribution in [2.75, 3.05) is 6.54 Å². The van der Waals surface area contributed by atoms with Gasteiger partial charge in [0.25, 0.3) is 11.5 Å². The Morgan fingerprint density at radius 3 is 2.73 bits per heavy atom. The third kappa shape index (κ3) is 3.96. The number of rotatable bonds is 7. The Hall–Kier alpha value is -3.02. The number of pyridine rings is 1. The molecule has 0 bridgehead atoms. The Bertz CT molecular complexity index is 951. The highest BCUT2D eigenvalue weighted by Gasteiger charge is 2.17. The number of benzene rings is 1. The zero-order valence-corrected chi connectivity index (χ0v) is 14.8. The Balaban J connectivity index is 1.83. The van der Waals surface area contributed by atoms with Crippen molar-refractivity contribution in [3.63, 3.8) is 0 Å². The van der Waals surface area contributed by atoms with Crippen molar-refractivity contribution in [2.24, 2.45) is 0 Å². The minimum absolute atomic E-state index is 0.0744. The molecule has 0 aliphatic heterocycles. The van der Waals surface area contributed by atoms with Gasteiger partial charge in [0.1, 0.15) is 5.52 Å². The first-order valence-electron chi connectivity index (χ1n) is 8.88. The molecule has 26 heavy (non-hydrogen) atoms. The van der Waals surface area contributed by atoms with E-state index >= 15 is 0 Å². The van der Waals surface area contributed by atoms with Crippen molar-refractivity contribution in [3.05, 3.63) is 70.3 Å². The summed E-state index contributed by atoms with van der Waals surface area (Å²) in [6.45, 7) is 3.03. The summed E-state index contributed by atoms with van der Waals surface area (Å²) in [6.07, 6.45) is 4.11. The van der Waals surface area contributed by atoms with E-state index in [0.29, 0.717) is 30.7 Å². The van der Waals surface area contributed by atoms with Crippen LogP contribution in [0.15, 0.2) is 53.5 Å². The normalized spacial score (nSPS) is 10.8. The van der Waals surface area contributed by atoms with E-state index in [1.165, 1.54) is 0 Å². The second-order valence-electron chi connectivity index (χ2n) is 6.11. The fraction of sp³-hybridized carbons (Fsp3) is 0.300. The number of aryl methyl sites for hydroxylation is 1. The molecule has 6 heteroatoms. The van der Waals surface area contributed by atoms with Gasteiger partial charge >= 0.3 is 0 Å². The number of hydrogen-bond donors (Lipinski definition) is 1. The maximum Gasteiger partial charge on any atom is 0.283 e. The first-order valence-corrected chi connectivity index (χ1v) is 8.88. The predicted molar refractivity (Wildman–Crippen MR) is 101 cm³/mol. The maximum absolute atomic E-state index is 12.8. The average molecular weight is 350 g/mol. The summed E-state index contributed by atoms with van der Waals surface area (Å²) < 4.78 is 1.55. The van der Waals surface area contributed by atoms with E-state index in [9.17, 15) is 9.59 Å². The lowest BCUT2D eigenvalue weighted by atomic mass is 10.1. The lowest BCUT2D eigenvalue weighted by Gasteiger charge is -2.11. The Morgan fingerprint density at radius 2 is 1.96 bits per heavy atom. The Kier molecular flexibility index (Phi) is 5.73. The molecule has 2 heterocycles. The van der Waals surface area contributed by atoms with Crippen LogP contribution < -0.4 is 10.9 Å². The molecule has 0 spiro atoms. The predicted octanol–water partition coefficient (Wildman–Crippen LogP) is 2.56. The van der Waals surface area contributed by atoms with Gasteiger partial charge in [0.15, 0.2) is 11.3 Å². The van der Waals surface area contributed by atoms with Crippen molar-refractivity contribution in [3.8, 4) is 0 Å². The Labute approximate surface area is 151 Å². The van der Waals surface area contributed by atoms with Gasteiger partial charge in [-0.25, -0.2) is 9.97 Å². The summed E-state index contributed by atoms with van der Waals surface area (Å²) in [5, 5.41) is 2.80. The van der Waals surface area contributed by atoms with Crippen LogP contribution in [0.2, 0.25) is 0 Å². The summed E-state index contributed by atoms with van der Waals surface area (Å²) in [4.78, 5) is 33.8. The number of amides is 1. The van der Waals surface area contributed by atoms with Crippen LogP contribution in [0.1, 0.15) is 35.8 Å². The van der Waals surface area contributed by atoms with Gasteiger partial charge in [-0.3, -0.25) is 14.2 Å². The first-order chi connectivity index (χ1) is 12.7.